The highest BCUT2D eigenvalue weighted by Crippen LogP contribution is 2.35. The van der Waals surface area contributed by atoms with Gasteiger partial charge in [-0.25, -0.2) is 4.99 Å². The lowest BCUT2D eigenvalue weighted by Crippen LogP contribution is -2.11. The molecule has 33 heavy (non-hydrogen) atoms. The Balaban J connectivity index is 1.66. The molecular weight excluding hydrogens is 426 g/mol. The van der Waals surface area contributed by atoms with Gasteiger partial charge in [-0.1, -0.05) is 67.6 Å². The standard InChI is InChI=1S/C28H25N3OS/c1-3-19-9-13-22(14-10-19)30-28-31(23-15-11-20(4-2)12-16-23)27(32)26(33-28)17-21-18-29-25-8-6-5-7-24(21)25/h5-18,32H,3-4H2,1-2H3/b21-17+,30-28?. The zero-order chi connectivity index (χ0) is 22.8. The Morgan fingerprint density at radius 1 is 0.909 bits per heavy atom. The highest BCUT2D eigenvalue weighted by Gasteiger charge is 2.17. The second-order valence-corrected chi connectivity index (χ2v) is 8.94. The molecule has 5 rings (SSSR count). The minimum absolute atomic E-state index is 0.179. The fourth-order valence-electron chi connectivity index (χ4n) is 3.88. The summed E-state index contributed by atoms with van der Waals surface area (Å²) in [6.45, 7) is 4.28. The van der Waals surface area contributed by atoms with E-state index in [2.05, 4.69) is 49.2 Å². The Bertz CT molecular complexity index is 1420. The van der Waals surface area contributed by atoms with Gasteiger partial charge in [0.05, 0.1) is 21.9 Å². The van der Waals surface area contributed by atoms with E-state index in [4.69, 9.17) is 4.99 Å². The molecule has 2 heterocycles. The van der Waals surface area contributed by atoms with Crippen molar-refractivity contribution >= 4 is 40.6 Å². The summed E-state index contributed by atoms with van der Waals surface area (Å²) in [5.41, 5.74) is 7.27. The van der Waals surface area contributed by atoms with Crippen LogP contribution in [0.1, 0.15) is 35.4 Å². The summed E-state index contributed by atoms with van der Waals surface area (Å²) in [6, 6.07) is 24.5. The van der Waals surface area contributed by atoms with Gasteiger partial charge < -0.3 is 5.11 Å². The van der Waals surface area contributed by atoms with Crippen LogP contribution in [0.3, 0.4) is 0 Å². The maximum atomic E-state index is 11.3. The number of hydrogen-bond donors (Lipinski definition) is 1. The quantitative estimate of drug-likeness (QED) is 0.354. The van der Waals surface area contributed by atoms with Gasteiger partial charge in [0, 0.05) is 17.4 Å². The van der Waals surface area contributed by atoms with E-state index in [0.717, 1.165) is 50.7 Å². The molecule has 4 aromatic rings. The van der Waals surface area contributed by atoms with Crippen LogP contribution in [0.5, 0.6) is 5.88 Å². The predicted octanol–water partition coefficient (Wildman–Crippen LogP) is 6.86. The van der Waals surface area contributed by atoms with E-state index in [1.165, 1.54) is 22.5 Å². The Morgan fingerprint density at radius 3 is 2.27 bits per heavy atom. The maximum absolute atomic E-state index is 11.3. The molecule has 0 aliphatic carbocycles. The van der Waals surface area contributed by atoms with Crippen LogP contribution in [0.15, 0.2) is 82.8 Å². The third kappa shape index (κ3) is 4.20. The number of aryl methyl sites for hydroxylation is 2. The van der Waals surface area contributed by atoms with Gasteiger partial charge in [-0.15, -0.1) is 0 Å². The SMILES string of the molecule is CCc1ccc(N=c2sc(/C=C3\C=Nc4ccccc43)c(O)n2-c2ccc(CC)cc2)cc1. The lowest BCUT2D eigenvalue weighted by Gasteiger charge is -2.07. The molecule has 0 amide bonds. The summed E-state index contributed by atoms with van der Waals surface area (Å²) in [4.78, 5) is 10.9. The van der Waals surface area contributed by atoms with Gasteiger partial charge in [0.25, 0.3) is 0 Å². The molecule has 164 valence electrons. The Kier molecular flexibility index (Phi) is 5.80. The van der Waals surface area contributed by atoms with Gasteiger partial charge in [0.2, 0.25) is 5.88 Å². The second kappa shape index (κ2) is 9.04. The van der Waals surface area contributed by atoms with Crippen LogP contribution in [-0.2, 0) is 12.8 Å². The summed E-state index contributed by atoms with van der Waals surface area (Å²) in [5.74, 6) is 0.179. The van der Waals surface area contributed by atoms with E-state index in [1.807, 2.05) is 59.3 Å². The second-order valence-electron chi connectivity index (χ2n) is 7.93. The largest absolute Gasteiger partial charge is 0.493 e. The number of nitrogens with zero attached hydrogens (tertiary/aromatic N) is 3. The van der Waals surface area contributed by atoms with Crippen molar-refractivity contribution < 1.29 is 5.11 Å². The number of fused-ring (bicyclic) bond motifs is 1. The lowest BCUT2D eigenvalue weighted by molar-refractivity contribution is 0.439. The topological polar surface area (TPSA) is 49.9 Å². The molecular formula is C28H25N3OS. The van der Waals surface area contributed by atoms with Crippen molar-refractivity contribution in [2.24, 2.45) is 9.98 Å². The molecule has 0 saturated heterocycles. The summed E-state index contributed by atoms with van der Waals surface area (Å²) >= 11 is 1.47. The summed E-state index contributed by atoms with van der Waals surface area (Å²) in [6.07, 6.45) is 5.80. The van der Waals surface area contributed by atoms with E-state index < -0.39 is 0 Å². The van der Waals surface area contributed by atoms with Crippen LogP contribution in [0.4, 0.5) is 11.4 Å². The average Bonchev–Trinajstić information content (AvgIpc) is 3.40. The van der Waals surface area contributed by atoms with Crippen LogP contribution < -0.4 is 4.80 Å². The summed E-state index contributed by atoms with van der Waals surface area (Å²) < 4.78 is 1.82. The number of aromatic hydroxyl groups is 1. The first kappa shape index (κ1) is 21.2. The molecule has 5 heteroatoms. The Morgan fingerprint density at radius 2 is 1.58 bits per heavy atom. The zero-order valence-corrected chi connectivity index (χ0v) is 19.5. The van der Waals surface area contributed by atoms with Gasteiger partial charge in [-0.3, -0.25) is 9.56 Å². The minimum atomic E-state index is 0.179. The third-order valence-electron chi connectivity index (χ3n) is 5.84. The van der Waals surface area contributed by atoms with Crippen molar-refractivity contribution in [3.05, 3.63) is 99.2 Å². The molecule has 0 fully saturated rings. The van der Waals surface area contributed by atoms with Crippen molar-refractivity contribution in [3.8, 4) is 11.6 Å². The van der Waals surface area contributed by atoms with Crippen LogP contribution in [0, 0.1) is 0 Å². The van der Waals surface area contributed by atoms with E-state index in [0.29, 0.717) is 0 Å². The monoisotopic (exact) mass is 451 g/mol. The molecule has 0 unspecified atom stereocenters. The zero-order valence-electron chi connectivity index (χ0n) is 18.7. The first-order valence-electron chi connectivity index (χ1n) is 11.2. The smallest absolute Gasteiger partial charge is 0.215 e. The normalized spacial score (nSPS) is 14.2. The Hall–Kier alpha value is -3.70. The van der Waals surface area contributed by atoms with Gasteiger partial charge in [-0.2, -0.15) is 0 Å². The van der Waals surface area contributed by atoms with Gasteiger partial charge in [0.15, 0.2) is 4.80 Å². The van der Waals surface area contributed by atoms with Crippen molar-refractivity contribution in [1.29, 1.82) is 0 Å². The van der Waals surface area contributed by atoms with E-state index in [9.17, 15) is 5.11 Å². The summed E-state index contributed by atoms with van der Waals surface area (Å²) in [5, 5.41) is 11.3. The molecule has 0 atom stereocenters. The molecule has 4 nitrogen and oxygen atoms in total. The van der Waals surface area contributed by atoms with E-state index >= 15 is 0 Å². The number of rotatable bonds is 5. The van der Waals surface area contributed by atoms with Crippen LogP contribution in [0.2, 0.25) is 0 Å². The van der Waals surface area contributed by atoms with Crippen LogP contribution in [0.25, 0.3) is 17.3 Å². The number of hydrogen-bond acceptors (Lipinski definition) is 4. The molecule has 1 aromatic heterocycles. The highest BCUT2D eigenvalue weighted by atomic mass is 32.1. The Labute approximate surface area is 197 Å². The van der Waals surface area contributed by atoms with Gasteiger partial charge in [-0.05, 0) is 60.4 Å². The minimum Gasteiger partial charge on any atom is -0.493 e. The van der Waals surface area contributed by atoms with Gasteiger partial charge >= 0.3 is 0 Å². The van der Waals surface area contributed by atoms with Crippen molar-refractivity contribution in [2.45, 2.75) is 26.7 Å². The molecule has 3 aromatic carbocycles. The highest BCUT2D eigenvalue weighted by molar-refractivity contribution is 7.10. The molecule has 0 saturated carbocycles. The number of thiazole rings is 1. The molecule has 0 bridgehead atoms. The van der Waals surface area contributed by atoms with Crippen molar-refractivity contribution in [3.63, 3.8) is 0 Å². The number of aliphatic imine (C=N–C) groups is 1. The fourth-order valence-corrected chi connectivity index (χ4v) is 4.88. The maximum Gasteiger partial charge on any atom is 0.215 e. The number of para-hydroxylation sites is 1. The molecule has 1 aliphatic heterocycles. The molecule has 1 aliphatic rings. The molecule has 1 N–H and O–H groups in total. The first-order chi connectivity index (χ1) is 16.2. The predicted molar refractivity (Wildman–Crippen MR) is 138 cm³/mol. The number of aromatic nitrogens is 1. The lowest BCUT2D eigenvalue weighted by atomic mass is 10.1. The van der Waals surface area contributed by atoms with E-state index in [1.54, 1.807) is 0 Å². The fraction of sp³-hybridized carbons (Fsp3) is 0.143. The number of allylic oxidation sites excluding steroid dienone is 1. The van der Waals surface area contributed by atoms with Gasteiger partial charge in [0.1, 0.15) is 0 Å². The van der Waals surface area contributed by atoms with Crippen molar-refractivity contribution in [1.82, 2.24) is 4.57 Å². The first-order valence-corrected chi connectivity index (χ1v) is 12.0. The van der Waals surface area contributed by atoms with Crippen LogP contribution in [-0.4, -0.2) is 15.9 Å². The molecule has 0 spiro atoms. The average molecular weight is 452 g/mol. The van der Waals surface area contributed by atoms with Crippen molar-refractivity contribution in [2.75, 3.05) is 0 Å². The van der Waals surface area contributed by atoms with E-state index in [-0.39, 0.29) is 5.88 Å². The summed E-state index contributed by atoms with van der Waals surface area (Å²) in [7, 11) is 0. The number of benzene rings is 3. The van der Waals surface area contributed by atoms with Crippen LogP contribution >= 0.6 is 11.3 Å². The third-order valence-corrected chi connectivity index (χ3v) is 6.82. The molecule has 0 radical (unpaired) electrons.